The first-order valence-electron chi connectivity index (χ1n) is 11.1. The van der Waals surface area contributed by atoms with Gasteiger partial charge < -0.3 is 25.0 Å². The fraction of sp³-hybridized carbons (Fsp3) is 0.240. The monoisotopic (exact) mass is 460 g/mol. The molecule has 1 aliphatic heterocycles. The Balaban J connectivity index is 1.51. The third kappa shape index (κ3) is 4.06. The minimum atomic E-state index is -0.438. The third-order valence-electron chi connectivity index (χ3n) is 5.97. The lowest BCUT2D eigenvalue weighted by molar-refractivity contribution is 0.413. The first-order chi connectivity index (χ1) is 16.5. The highest BCUT2D eigenvalue weighted by Gasteiger charge is 2.19. The number of hydrogen-bond acceptors (Lipinski definition) is 7. The molecule has 0 saturated carbocycles. The number of anilines is 1. The van der Waals surface area contributed by atoms with E-state index in [2.05, 4.69) is 30.2 Å². The number of ether oxygens (including phenoxy) is 1. The number of methoxy groups -OCH3 is 1. The first-order valence-corrected chi connectivity index (χ1v) is 11.1. The molecule has 0 amide bonds. The number of aliphatic imine (C=N–C) groups is 1. The number of aromatic nitrogens is 3. The largest absolute Gasteiger partial charge is 0.496 e. The van der Waals surface area contributed by atoms with Crippen molar-refractivity contribution in [2.75, 3.05) is 38.2 Å². The molecule has 0 bridgehead atoms. The number of halogens is 1. The van der Waals surface area contributed by atoms with E-state index in [0.717, 1.165) is 31.9 Å². The predicted molar refractivity (Wildman–Crippen MR) is 131 cm³/mol. The number of hydrogen-bond donors (Lipinski definition) is 3. The van der Waals surface area contributed by atoms with Crippen LogP contribution in [0.5, 0.6) is 11.6 Å². The fourth-order valence-electron chi connectivity index (χ4n) is 4.29. The van der Waals surface area contributed by atoms with Gasteiger partial charge in [0.1, 0.15) is 11.6 Å². The van der Waals surface area contributed by atoms with Gasteiger partial charge in [-0.05, 0) is 37.3 Å². The van der Waals surface area contributed by atoms with Crippen LogP contribution in [-0.2, 0) is 0 Å². The lowest BCUT2D eigenvalue weighted by Gasteiger charge is -2.29. The number of H-pyrrole nitrogens is 1. The van der Waals surface area contributed by atoms with Crippen molar-refractivity contribution in [2.24, 2.45) is 4.99 Å². The maximum Gasteiger partial charge on any atom is 0.198 e. The van der Waals surface area contributed by atoms with Crippen LogP contribution in [0.15, 0.2) is 53.8 Å². The SMILES string of the molecule is COc1cccc(F)c1-c1cc2c(C(C)=Nc3ccc(N4CCNCC4)cn3)c(O)[nH]c2cn1. The fourth-order valence-corrected chi connectivity index (χ4v) is 4.29. The van der Waals surface area contributed by atoms with Crippen molar-refractivity contribution >= 4 is 28.1 Å². The van der Waals surface area contributed by atoms with Crippen LogP contribution in [0.1, 0.15) is 12.5 Å². The zero-order valence-corrected chi connectivity index (χ0v) is 19.0. The van der Waals surface area contributed by atoms with Crippen molar-refractivity contribution in [3.05, 3.63) is 60.2 Å². The lowest BCUT2D eigenvalue weighted by atomic mass is 10.0. The number of fused-ring (bicyclic) bond motifs is 1. The van der Waals surface area contributed by atoms with Crippen molar-refractivity contribution in [3.63, 3.8) is 0 Å². The molecule has 1 aromatic carbocycles. The summed E-state index contributed by atoms with van der Waals surface area (Å²) in [5, 5.41) is 14.6. The Morgan fingerprint density at radius 1 is 1.15 bits per heavy atom. The molecule has 1 fully saturated rings. The third-order valence-corrected chi connectivity index (χ3v) is 5.97. The van der Waals surface area contributed by atoms with Crippen LogP contribution in [0.3, 0.4) is 0 Å². The normalized spacial score (nSPS) is 14.6. The molecule has 34 heavy (non-hydrogen) atoms. The molecule has 174 valence electrons. The Morgan fingerprint density at radius 3 is 2.71 bits per heavy atom. The number of rotatable bonds is 5. The average molecular weight is 461 g/mol. The number of aromatic amines is 1. The van der Waals surface area contributed by atoms with Gasteiger partial charge in [-0.1, -0.05) is 6.07 Å². The first kappa shape index (κ1) is 21.8. The van der Waals surface area contributed by atoms with E-state index in [1.54, 1.807) is 31.3 Å². The topological polar surface area (TPSA) is 98.7 Å². The summed E-state index contributed by atoms with van der Waals surface area (Å²) < 4.78 is 20.0. The van der Waals surface area contributed by atoms with Gasteiger partial charge in [0.25, 0.3) is 0 Å². The second-order valence-electron chi connectivity index (χ2n) is 8.09. The van der Waals surface area contributed by atoms with Crippen molar-refractivity contribution < 1.29 is 14.2 Å². The van der Waals surface area contributed by atoms with Crippen molar-refractivity contribution in [1.29, 1.82) is 0 Å². The van der Waals surface area contributed by atoms with Gasteiger partial charge in [-0.3, -0.25) is 4.98 Å². The number of benzene rings is 1. The van der Waals surface area contributed by atoms with E-state index in [9.17, 15) is 9.50 Å². The smallest absolute Gasteiger partial charge is 0.198 e. The van der Waals surface area contributed by atoms with Crippen LogP contribution >= 0.6 is 0 Å². The maximum absolute atomic E-state index is 14.6. The van der Waals surface area contributed by atoms with Gasteiger partial charge in [-0.25, -0.2) is 14.4 Å². The van der Waals surface area contributed by atoms with E-state index >= 15 is 0 Å². The molecule has 0 spiro atoms. The highest BCUT2D eigenvalue weighted by atomic mass is 19.1. The molecule has 3 aromatic heterocycles. The Bertz CT molecular complexity index is 1360. The summed E-state index contributed by atoms with van der Waals surface area (Å²) in [4.78, 5) is 18.7. The van der Waals surface area contributed by atoms with E-state index in [1.165, 1.54) is 13.2 Å². The molecule has 4 heterocycles. The number of piperazine rings is 1. The standard InChI is InChI=1S/C25H25FN6O2/c1-15(30-22-7-6-16(13-29-22)32-10-8-27-9-11-32)23-17-12-19(28-14-20(17)31-25(23)33)24-18(26)4-3-5-21(24)34-2/h3-7,12-14,27,31,33H,8-11H2,1-2H3. The molecule has 4 aromatic rings. The average Bonchev–Trinajstić information content (AvgIpc) is 3.19. The van der Waals surface area contributed by atoms with Crippen molar-refractivity contribution in [2.45, 2.75) is 6.92 Å². The van der Waals surface area contributed by atoms with Crippen molar-refractivity contribution in [1.82, 2.24) is 20.3 Å². The summed E-state index contributed by atoms with van der Waals surface area (Å²) in [6, 6.07) is 10.2. The molecule has 9 heteroatoms. The number of nitrogens with zero attached hydrogens (tertiary/aromatic N) is 4. The molecule has 5 rings (SSSR count). The number of aromatic hydroxyl groups is 1. The summed E-state index contributed by atoms with van der Waals surface area (Å²) >= 11 is 0. The van der Waals surface area contributed by atoms with Crippen LogP contribution in [0, 0.1) is 5.82 Å². The van der Waals surface area contributed by atoms with Gasteiger partial charge in [-0.2, -0.15) is 0 Å². The quantitative estimate of drug-likeness (QED) is 0.389. The maximum atomic E-state index is 14.6. The Kier molecular flexibility index (Phi) is 5.85. The summed E-state index contributed by atoms with van der Waals surface area (Å²) in [5.74, 6) is 0.447. The lowest BCUT2D eigenvalue weighted by Crippen LogP contribution is -2.43. The molecule has 1 aliphatic rings. The summed E-state index contributed by atoms with van der Waals surface area (Å²) in [6.45, 7) is 5.59. The van der Waals surface area contributed by atoms with Gasteiger partial charge in [-0.15, -0.1) is 0 Å². The van der Waals surface area contributed by atoms with Gasteiger partial charge in [0, 0.05) is 31.6 Å². The highest BCUT2D eigenvalue weighted by molar-refractivity contribution is 6.13. The molecular weight excluding hydrogens is 435 g/mol. The van der Waals surface area contributed by atoms with Gasteiger partial charge in [0.2, 0.25) is 0 Å². The van der Waals surface area contributed by atoms with Crippen LogP contribution in [0.4, 0.5) is 15.9 Å². The second-order valence-corrected chi connectivity index (χ2v) is 8.09. The number of pyridine rings is 2. The second kappa shape index (κ2) is 9.11. The molecule has 0 unspecified atom stereocenters. The molecule has 1 saturated heterocycles. The molecule has 0 aliphatic carbocycles. The Labute approximate surface area is 196 Å². The van der Waals surface area contributed by atoms with Crippen LogP contribution < -0.4 is 15.0 Å². The minimum absolute atomic E-state index is 0.0341. The predicted octanol–water partition coefficient (Wildman–Crippen LogP) is 4.03. The molecule has 8 nitrogen and oxygen atoms in total. The van der Waals surface area contributed by atoms with Gasteiger partial charge >= 0.3 is 0 Å². The van der Waals surface area contributed by atoms with E-state index in [0.29, 0.717) is 39.4 Å². The molecule has 0 radical (unpaired) electrons. The minimum Gasteiger partial charge on any atom is -0.496 e. The molecule has 3 N–H and O–H groups in total. The summed E-state index contributed by atoms with van der Waals surface area (Å²) in [6.07, 6.45) is 3.38. The number of nitrogens with one attached hydrogen (secondary N) is 2. The van der Waals surface area contributed by atoms with Crippen LogP contribution in [0.25, 0.3) is 22.2 Å². The van der Waals surface area contributed by atoms with E-state index < -0.39 is 5.82 Å². The van der Waals surface area contributed by atoms with E-state index in [-0.39, 0.29) is 11.4 Å². The van der Waals surface area contributed by atoms with Gasteiger partial charge in [0.05, 0.1) is 53.2 Å². The Hall–Kier alpha value is -3.98. The summed E-state index contributed by atoms with van der Waals surface area (Å²) in [7, 11) is 1.49. The van der Waals surface area contributed by atoms with Crippen LogP contribution in [0.2, 0.25) is 0 Å². The molecule has 0 atom stereocenters. The van der Waals surface area contributed by atoms with Crippen molar-refractivity contribution in [3.8, 4) is 22.9 Å². The van der Waals surface area contributed by atoms with E-state index in [4.69, 9.17) is 4.74 Å². The molecular formula is C25H25FN6O2. The summed E-state index contributed by atoms with van der Waals surface area (Å²) in [5.41, 5.74) is 3.42. The van der Waals surface area contributed by atoms with Crippen LogP contribution in [-0.4, -0.2) is 59.1 Å². The van der Waals surface area contributed by atoms with Gasteiger partial charge in [0.15, 0.2) is 11.7 Å². The highest BCUT2D eigenvalue weighted by Crippen LogP contribution is 2.35. The zero-order valence-electron chi connectivity index (χ0n) is 19.0. The Morgan fingerprint density at radius 2 is 1.97 bits per heavy atom. The zero-order chi connectivity index (χ0) is 23.7. The van der Waals surface area contributed by atoms with E-state index in [1.807, 2.05) is 18.3 Å².